The number of rotatable bonds is 5. The summed E-state index contributed by atoms with van der Waals surface area (Å²) in [6.45, 7) is 7.18. The van der Waals surface area contributed by atoms with E-state index in [1.165, 1.54) is 7.11 Å². The Morgan fingerprint density at radius 1 is 1.24 bits per heavy atom. The van der Waals surface area contributed by atoms with Gasteiger partial charge >= 0.3 is 6.09 Å². The van der Waals surface area contributed by atoms with Gasteiger partial charge in [0, 0.05) is 18.4 Å². The monoisotopic (exact) mass is 293 g/mol. The van der Waals surface area contributed by atoms with Crippen LogP contribution in [0.4, 0.5) is 10.5 Å². The molecule has 116 valence electrons. The fourth-order valence-electron chi connectivity index (χ4n) is 1.79. The molecule has 0 radical (unpaired) electrons. The van der Waals surface area contributed by atoms with Gasteiger partial charge < -0.3 is 9.47 Å². The van der Waals surface area contributed by atoms with E-state index in [4.69, 9.17) is 9.47 Å². The number of methoxy groups -OCH3 is 1. The molecule has 0 saturated heterocycles. The zero-order valence-electron chi connectivity index (χ0n) is 13.3. The minimum Gasteiger partial charge on any atom is -0.496 e. The van der Waals surface area contributed by atoms with Crippen molar-refractivity contribution in [2.24, 2.45) is 0 Å². The average molecular weight is 293 g/mol. The molecule has 0 aliphatic rings. The van der Waals surface area contributed by atoms with Crippen LogP contribution in [0.1, 0.15) is 39.7 Å². The Bertz CT molecular complexity index is 517. The number of carbonyl (C=O) groups is 2. The molecule has 0 aliphatic carbocycles. The summed E-state index contributed by atoms with van der Waals surface area (Å²) in [6, 6.07) is 5.24. The molecular weight excluding hydrogens is 270 g/mol. The molecule has 0 atom stereocenters. The van der Waals surface area contributed by atoms with Gasteiger partial charge in [-0.15, -0.1) is 0 Å². The summed E-state index contributed by atoms with van der Waals surface area (Å²) < 4.78 is 10.5. The molecule has 0 spiro atoms. The molecule has 1 N–H and O–H groups in total. The van der Waals surface area contributed by atoms with E-state index in [-0.39, 0.29) is 12.2 Å². The van der Waals surface area contributed by atoms with Gasteiger partial charge in [-0.1, -0.05) is 13.0 Å². The first-order chi connectivity index (χ1) is 9.76. The van der Waals surface area contributed by atoms with Gasteiger partial charge in [0.05, 0.1) is 12.8 Å². The molecule has 0 bridgehead atoms. The Morgan fingerprint density at radius 2 is 1.90 bits per heavy atom. The maximum absolute atomic E-state index is 11.9. The molecule has 0 fully saturated rings. The second kappa shape index (κ2) is 7.11. The van der Waals surface area contributed by atoms with Crippen molar-refractivity contribution in [2.75, 3.05) is 12.4 Å². The largest absolute Gasteiger partial charge is 0.496 e. The number of anilines is 1. The van der Waals surface area contributed by atoms with Crippen LogP contribution in [0.25, 0.3) is 0 Å². The van der Waals surface area contributed by atoms with Crippen LogP contribution >= 0.6 is 0 Å². The molecule has 5 heteroatoms. The number of hydrogen-bond donors (Lipinski definition) is 1. The van der Waals surface area contributed by atoms with Crippen LogP contribution in [-0.4, -0.2) is 24.6 Å². The van der Waals surface area contributed by atoms with E-state index < -0.39 is 11.7 Å². The van der Waals surface area contributed by atoms with E-state index in [0.29, 0.717) is 23.4 Å². The molecule has 1 aromatic carbocycles. The van der Waals surface area contributed by atoms with Crippen LogP contribution in [0.5, 0.6) is 5.75 Å². The summed E-state index contributed by atoms with van der Waals surface area (Å²) in [5, 5.41) is 2.68. The molecule has 1 amide bonds. The highest BCUT2D eigenvalue weighted by Crippen LogP contribution is 2.28. The first kappa shape index (κ1) is 17.0. The lowest BCUT2D eigenvalue weighted by Crippen LogP contribution is -2.27. The predicted molar refractivity (Wildman–Crippen MR) is 81.9 cm³/mol. The highest BCUT2D eigenvalue weighted by atomic mass is 16.6. The smallest absolute Gasteiger partial charge is 0.412 e. The van der Waals surface area contributed by atoms with E-state index in [9.17, 15) is 9.59 Å². The third-order valence-electron chi connectivity index (χ3n) is 2.76. The number of Topliss-reactive ketones (excluding diaryl/α,β-unsaturated/α-hetero) is 1. The van der Waals surface area contributed by atoms with Crippen molar-refractivity contribution in [2.45, 2.75) is 46.1 Å². The summed E-state index contributed by atoms with van der Waals surface area (Å²) in [5.41, 5.74) is 0.616. The van der Waals surface area contributed by atoms with Crippen LogP contribution in [0, 0.1) is 0 Å². The van der Waals surface area contributed by atoms with Crippen molar-refractivity contribution in [3.8, 4) is 5.75 Å². The Hall–Kier alpha value is -2.04. The number of benzene rings is 1. The molecule has 0 unspecified atom stereocenters. The van der Waals surface area contributed by atoms with Crippen molar-refractivity contribution in [3.63, 3.8) is 0 Å². The number of amides is 1. The minimum absolute atomic E-state index is 0.0757. The van der Waals surface area contributed by atoms with Crippen LogP contribution in [0.2, 0.25) is 0 Å². The van der Waals surface area contributed by atoms with Crippen LogP contribution in [-0.2, 0) is 16.0 Å². The van der Waals surface area contributed by atoms with Gasteiger partial charge in [0.25, 0.3) is 0 Å². The summed E-state index contributed by atoms with van der Waals surface area (Å²) in [4.78, 5) is 23.6. The van der Waals surface area contributed by atoms with Gasteiger partial charge in [0.2, 0.25) is 0 Å². The van der Waals surface area contributed by atoms with Crippen LogP contribution in [0.15, 0.2) is 18.2 Å². The minimum atomic E-state index is -0.581. The van der Waals surface area contributed by atoms with Gasteiger partial charge in [-0.3, -0.25) is 10.1 Å². The Labute approximate surface area is 125 Å². The number of ether oxygens (including phenoxy) is 2. The van der Waals surface area contributed by atoms with E-state index in [1.54, 1.807) is 45.9 Å². The highest BCUT2D eigenvalue weighted by Gasteiger charge is 2.19. The standard InChI is InChI=1S/C16H23NO4/c1-6-11(18)10-12-13(8-7-9-14(12)20-5)17-15(19)21-16(2,3)4/h7-9H,6,10H2,1-5H3,(H,17,19). The summed E-state index contributed by atoms with van der Waals surface area (Å²) in [7, 11) is 1.53. The Kier molecular flexibility index (Phi) is 5.76. The molecule has 0 saturated carbocycles. The topological polar surface area (TPSA) is 64.6 Å². The van der Waals surface area contributed by atoms with Crippen LogP contribution < -0.4 is 10.1 Å². The lowest BCUT2D eigenvalue weighted by atomic mass is 10.0. The SMILES string of the molecule is CCC(=O)Cc1c(NC(=O)OC(C)(C)C)cccc1OC. The summed E-state index contributed by atoms with van der Waals surface area (Å²) in [6.07, 6.45) is 0.0937. The fourth-order valence-corrected chi connectivity index (χ4v) is 1.79. The lowest BCUT2D eigenvalue weighted by Gasteiger charge is -2.21. The molecule has 0 aromatic heterocycles. The quantitative estimate of drug-likeness (QED) is 0.901. The number of hydrogen-bond acceptors (Lipinski definition) is 4. The van der Waals surface area contributed by atoms with Crippen molar-refractivity contribution >= 4 is 17.6 Å². The molecule has 1 rings (SSSR count). The van der Waals surface area contributed by atoms with Crippen LogP contribution in [0.3, 0.4) is 0 Å². The van der Waals surface area contributed by atoms with E-state index in [1.807, 2.05) is 0 Å². The number of nitrogens with one attached hydrogen (secondary N) is 1. The summed E-state index contributed by atoms with van der Waals surface area (Å²) in [5.74, 6) is 0.650. The maximum Gasteiger partial charge on any atom is 0.412 e. The van der Waals surface area contributed by atoms with Gasteiger partial charge in [-0.05, 0) is 32.9 Å². The lowest BCUT2D eigenvalue weighted by molar-refractivity contribution is -0.118. The zero-order chi connectivity index (χ0) is 16.0. The molecule has 1 aromatic rings. The Balaban J connectivity index is 3.00. The van der Waals surface area contributed by atoms with Gasteiger partial charge in [-0.25, -0.2) is 4.79 Å². The van der Waals surface area contributed by atoms with E-state index in [2.05, 4.69) is 5.32 Å². The van der Waals surface area contributed by atoms with Gasteiger partial charge in [-0.2, -0.15) is 0 Å². The molecule has 5 nitrogen and oxygen atoms in total. The van der Waals surface area contributed by atoms with E-state index >= 15 is 0 Å². The zero-order valence-corrected chi connectivity index (χ0v) is 13.3. The number of carbonyl (C=O) groups excluding carboxylic acids is 2. The van der Waals surface area contributed by atoms with Crippen molar-refractivity contribution in [1.82, 2.24) is 0 Å². The molecule has 0 aliphatic heterocycles. The van der Waals surface area contributed by atoms with E-state index in [0.717, 1.165) is 0 Å². The van der Waals surface area contributed by atoms with Gasteiger partial charge in [0.1, 0.15) is 17.1 Å². The maximum atomic E-state index is 11.9. The summed E-state index contributed by atoms with van der Waals surface area (Å²) >= 11 is 0. The third-order valence-corrected chi connectivity index (χ3v) is 2.76. The fraction of sp³-hybridized carbons (Fsp3) is 0.500. The second-order valence-corrected chi connectivity index (χ2v) is 5.68. The number of ketones is 1. The van der Waals surface area contributed by atoms with Gasteiger partial charge in [0.15, 0.2) is 0 Å². The molecule has 0 heterocycles. The first-order valence-corrected chi connectivity index (χ1v) is 6.94. The van der Waals surface area contributed by atoms with Crippen molar-refractivity contribution in [3.05, 3.63) is 23.8 Å². The molecule has 21 heavy (non-hydrogen) atoms. The normalized spacial score (nSPS) is 10.9. The first-order valence-electron chi connectivity index (χ1n) is 6.94. The molecular formula is C16H23NO4. The van der Waals surface area contributed by atoms with Crippen molar-refractivity contribution < 1.29 is 19.1 Å². The second-order valence-electron chi connectivity index (χ2n) is 5.68. The average Bonchev–Trinajstić information content (AvgIpc) is 2.38. The highest BCUT2D eigenvalue weighted by molar-refractivity contribution is 5.89. The van der Waals surface area contributed by atoms with Crippen molar-refractivity contribution in [1.29, 1.82) is 0 Å². The predicted octanol–water partition coefficient (Wildman–Crippen LogP) is 3.56. The third kappa shape index (κ3) is 5.45. The Morgan fingerprint density at radius 3 is 2.43 bits per heavy atom.